The lowest BCUT2D eigenvalue weighted by molar-refractivity contribution is -0.116. The van der Waals surface area contributed by atoms with Gasteiger partial charge in [0.25, 0.3) is 5.91 Å². The van der Waals surface area contributed by atoms with Gasteiger partial charge in [-0.25, -0.2) is 4.79 Å². The zero-order chi connectivity index (χ0) is 23.3. The molecule has 3 rings (SSSR count). The van der Waals surface area contributed by atoms with Crippen molar-refractivity contribution < 1.29 is 19.1 Å². The molecule has 0 aliphatic carbocycles. The van der Waals surface area contributed by atoms with Crippen molar-refractivity contribution >= 4 is 39.8 Å². The SMILES string of the molecule is COC(=O)c1c(NC(=O)CCc2ccccc2)sc(C(=O)Nc2cccc(C)c2C)c1C. The van der Waals surface area contributed by atoms with E-state index < -0.39 is 5.97 Å². The highest BCUT2D eigenvalue weighted by Gasteiger charge is 2.26. The van der Waals surface area contributed by atoms with Crippen LogP contribution in [0.5, 0.6) is 0 Å². The second-order valence-electron chi connectivity index (χ2n) is 7.49. The number of thiophene rings is 1. The lowest BCUT2D eigenvalue weighted by atomic mass is 10.1. The minimum absolute atomic E-state index is 0.205. The van der Waals surface area contributed by atoms with Crippen LogP contribution in [0.1, 0.15) is 48.7 Å². The number of carbonyl (C=O) groups is 3. The zero-order valence-corrected chi connectivity index (χ0v) is 19.4. The second kappa shape index (κ2) is 10.2. The van der Waals surface area contributed by atoms with Crippen LogP contribution in [-0.4, -0.2) is 24.9 Å². The molecule has 2 N–H and O–H groups in total. The third-order valence-corrected chi connectivity index (χ3v) is 6.54. The van der Waals surface area contributed by atoms with Gasteiger partial charge in [-0.1, -0.05) is 42.5 Å². The maximum absolute atomic E-state index is 13.0. The van der Waals surface area contributed by atoms with Crippen LogP contribution in [0, 0.1) is 20.8 Å². The number of esters is 1. The van der Waals surface area contributed by atoms with E-state index in [1.807, 2.05) is 62.4 Å². The minimum atomic E-state index is -0.595. The summed E-state index contributed by atoms with van der Waals surface area (Å²) in [7, 11) is 1.27. The molecule has 0 atom stereocenters. The minimum Gasteiger partial charge on any atom is -0.465 e. The Kier molecular flexibility index (Phi) is 7.43. The number of anilines is 2. The van der Waals surface area contributed by atoms with Gasteiger partial charge in [0.05, 0.1) is 17.6 Å². The zero-order valence-electron chi connectivity index (χ0n) is 18.6. The normalized spacial score (nSPS) is 10.5. The van der Waals surface area contributed by atoms with E-state index >= 15 is 0 Å². The van der Waals surface area contributed by atoms with Crippen LogP contribution in [0.2, 0.25) is 0 Å². The van der Waals surface area contributed by atoms with Crippen molar-refractivity contribution in [3.05, 3.63) is 81.2 Å². The van der Waals surface area contributed by atoms with Crippen molar-refractivity contribution in [3.8, 4) is 0 Å². The van der Waals surface area contributed by atoms with Crippen molar-refractivity contribution in [1.29, 1.82) is 0 Å². The summed E-state index contributed by atoms with van der Waals surface area (Å²) in [6, 6.07) is 15.4. The van der Waals surface area contributed by atoms with E-state index in [1.54, 1.807) is 6.92 Å². The summed E-state index contributed by atoms with van der Waals surface area (Å²) >= 11 is 1.07. The summed E-state index contributed by atoms with van der Waals surface area (Å²) in [5, 5.41) is 6.03. The fraction of sp³-hybridized carbons (Fsp3) is 0.240. The summed E-state index contributed by atoms with van der Waals surface area (Å²) in [4.78, 5) is 38.3. The fourth-order valence-electron chi connectivity index (χ4n) is 3.32. The molecule has 0 radical (unpaired) electrons. The Bertz CT molecular complexity index is 1150. The van der Waals surface area contributed by atoms with Crippen LogP contribution in [0.4, 0.5) is 10.7 Å². The number of methoxy groups -OCH3 is 1. The van der Waals surface area contributed by atoms with Crippen LogP contribution >= 0.6 is 11.3 Å². The number of rotatable bonds is 7. The molecule has 0 saturated carbocycles. The van der Waals surface area contributed by atoms with Crippen LogP contribution < -0.4 is 10.6 Å². The lowest BCUT2D eigenvalue weighted by Crippen LogP contribution is -2.15. The maximum Gasteiger partial charge on any atom is 0.341 e. The number of ether oxygens (including phenoxy) is 1. The monoisotopic (exact) mass is 450 g/mol. The molecule has 166 valence electrons. The van der Waals surface area contributed by atoms with Crippen molar-refractivity contribution in [2.45, 2.75) is 33.6 Å². The van der Waals surface area contributed by atoms with Gasteiger partial charge in [-0.2, -0.15) is 0 Å². The second-order valence-corrected chi connectivity index (χ2v) is 8.51. The molecule has 6 nitrogen and oxygen atoms in total. The van der Waals surface area contributed by atoms with Gasteiger partial charge < -0.3 is 15.4 Å². The maximum atomic E-state index is 13.0. The lowest BCUT2D eigenvalue weighted by Gasteiger charge is -2.10. The van der Waals surface area contributed by atoms with Gasteiger partial charge >= 0.3 is 5.97 Å². The van der Waals surface area contributed by atoms with Crippen LogP contribution in [-0.2, 0) is 16.0 Å². The first-order chi connectivity index (χ1) is 15.3. The summed E-state index contributed by atoms with van der Waals surface area (Å²) in [5.74, 6) is -1.17. The van der Waals surface area contributed by atoms with Gasteiger partial charge in [0, 0.05) is 12.1 Å². The van der Waals surface area contributed by atoms with E-state index in [9.17, 15) is 14.4 Å². The van der Waals surface area contributed by atoms with E-state index in [-0.39, 0.29) is 23.8 Å². The number of benzene rings is 2. The van der Waals surface area contributed by atoms with Gasteiger partial charge in [0.15, 0.2) is 0 Å². The molecule has 1 aromatic heterocycles. The van der Waals surface area contributed by atoms with Gasteiger partial charge in [0.2, 0.25) is 5.91 Å². The average Bonchev–Trinajstić information content (AvgIpc) is 3.11. The molecule has 2 aromatic carbocycles. The molecular weight excluding hydrogens is 424 g/mol. The van der Waals surface area contributed by atoms with Crippen molar-refractivity contribution in [3.63, 3.8) is 0 Å². The average molecular weight is 451 g/mol. The van der Waals surface area contributed by atoms with E-state index in [4.69, 9.17) is 4.74 Å². The largest absolute Gasteiger partial charge is 0.465 e. The molecule has 32 heavy (non-hydrogen) atoms. The van der Waals surface area contributed by atoms with E-state index in [0.29, 0.717) is 27.5 Å². The first-order valence-corrected chi connectivity index (χ1v) is 11.1. The Balaban J connectivity index is 1.82. The molecule has 3 aromatic rings. The Morgan fingerprint density at radius 2 is 1.62 bits per heavy atom. The molecule has 0 aliphatic heterocycles. The smallest absolute Gasteiger partial charge is 0.341 e. The van der Waals surface area contributed by atoms with E-state index in [0.717, 1.165) is 28.0 Å². The highest BCUT2D eigenvalue weighted by molar-refractivity contribution is 7.18. The Morgan fingerprint density at radius 1 is 0.906 bits per heavy atom. The third kappa shape index (κ3) is 5.23. The predicted molar refractivity (Wildman–Crippen MR) is 128 cm³/mol. The van der Waals surface area contributed by atoms with Gasteiger partial charge in [-0.15, -0.1) is 11.3 Å². The van der Waals surface area contributed by atoms with Crippen molar-refractivity contribution in [1.82, 2.24) is 0 Å². The molecule has 2 amide bonds. The number of carbonyl (C=O) groups excluding carboxylic acids is 3. The fourth-order valence-corrected chi connectivity index (χ4v) is 4.43. The van der Waals surface area contributed by atoms with Crippen LogP contribution in [0.15, 0.2) is 48.5 Å². The summed E-state index contributed by atoms with van der Waals surface area (Å²) in [5.41, 5.74) is 4.47. The number of aryl methyl sites for hydroxylation is 2. The van der Waals surface area contributed by atoms with E-state index in [1.165, 1.54) is 7.11 Å². The standard InChI is InChI=1S/C25H26N2O4S/c1-15-9-8-12-19(16(15)2)26-23(29)22-17(3)21(25(30)31-4)24(32-22)27-20(28)14-13-18-10-6-5-7-11-18/h5-12H,13-14H2,1-4H3,(H,26,29)(H,27,28). The topological polar surface area (TPSA) is 84.5 Å². The number of hydrogen-bond acceptors (Lipinski definition) is 5. The molecule has 0 spiro atoms. The first kappa shape index (κ1) is 23.2. The summed E-state index contributed by atoms with van der Waals surface area (Å²) in [6.45, 7) is 5.59. The summed E-state index contributed by atoms with van der Waals surface area (Å²) in [6.07, 6.45) is 0.830. The number of nitrogens with one attached hydrogen (secondary N) is 2. The molecule has 1 heterocycles. The third-order valence-electron chi connectivity index (χ3n) is 5.33. The van der Waals surface area contributed by atoms with Gasteiger partial charge in [0.1, 0.15) is 5.00 Å². The Hall–Kier alpha value is -3.45. The van der Waals surface area contributed by atoms with E-state index in [2.05, 4.69) is 10.6 Å². The molecule has 0 unspecified atom stereocenters. The summed E-state index contributed by atoms with van der Waals surface area (Å²) < 4.78 is 4.90. The molecular formula is C25H26N2O4S. The van der Waals surface area contributed by atoms with Gasteiger partial charge in [-0.05, 0) is 55.5 Å². The van der Waals surface area contributed by atoms with Crippen molar-refractivity contribution in [2.75, 3.05) is 17.7 Å². The highest BCUT2D eigenvalue weighted by atomic mass is 32.1. The number of amides is 2. The molecule has 7 heteroatoms. The van der Waals surface area contributed by atoms with Gasteiger partial charge in [-0.3, -0.25) is 9.59 Å². The first-order valence-electron chi connectivity index (χ1n) is 10.2. The quantitative estimate of drug-likeness (QED) is 0.480. The van der Waals surface area contributed by atoms with Crippen LogP contribution in [0.3, 0.4) is 0 Å². The molecule has 0 saturated heterocycles. The molecule has 0 fully saturated rings. The molecule has 0 bridgehead atoms. The Labute approximate surface area is 191 Å². The van der Waals surface area contributed by atoms with Crippen LogP contribution in [0.25, 0.3) is 0 Å². The highest BCUT2D eigenvalue weighted by Crippen LogP contribution is 2.34. The number of hydrogen-bond donors (Lipinski definition) is 2. The Morgan fingerprint density at radius 3 is 2.31 bits per heavy atom. The molecule has 0 aliphatic rings. The predicted octanol–water partition coefficient (Wildman–Crippen LogP) is 5.28. The van der Waals surface area contributed by atoms with Crippen molar-refractivity contribution in [2.24, 2.45) is 0 Å².